The molecule has 0 saturated carbocycles. The highest BCUT2D eigenvalue weighted by Crippen LogP contribution is 2.15. The van der Waals surface area contributed by atoms with Crippen LogP contribution in [0.5, 0.6) is 0 Å². The maximum Gasteiger partial charge on any atom is 0.332 e. The quantitative estimate of drug-likeness (QED) is 0.711. The fourth-order valence-corrected chi connectivity index (χ4v) is 2.30. The average molecular weight is 330 g/mol. The predicted octanol–water partition coefficient (Wildman–Crippen LogP) is -1.06. The van der Waals surface area contributed by atoms with Crippen molar-refractivity contribution < 1.29 is 4.79 Å². The zero-order valence-electron chi connectivity index (χ0n) is 10.6. The van der Waals surface area contributed by atoms with Gasteiger partial charge in [0.1, 0.15) is 6.54 Å². The van der Waals surface area contributed by atoms with E-state index >= 15 is 0 Å². The summed E-state index contributed by atoms with van der Waals surface area (Å²) in [6.07, 6.45) is 0. The standard InChI is InChI=1S/C10H12BrN5O3/c1-12-5(17)4-16-7-6(13-9(16)11)8(18)15(3)10(19)14(7)2/h4H2,1-3H3,(H,12,17). The maximum absolute atomic E-state index is 12.0. The van der Waals surface area contributed by atoms with E-state index in [0.717, 1.165) is 4.57 Å². The van der Waals surface area contributed by atoms with E-state index < -0.39 is 11.2 Å². The molecule has 2 heterocycles. The molecule has 102 valence electrons. The smallest absolute Gasteiger partial charge is 0.332 e. The van der Waals surface area contributed by atoms with Gasteiger partial charge < -0.3 is 5.32 Å². The van der Waals surface area contributed by atoms with Crippen LogP contribution in [0.1, 0.15) is 0 Å². The van der Waals surface area contributed by atoms with Gasteiger partial charge in [0, 0.05) is 21.1 Å². The number of nitrogens with zero attached hydrogens (tertiary/aromatic N) is 4. The van der Waals surface area contributed by atoms with Gasteiger partial charge in [-0.2, -0.15) is 0 Å². The van der Waals surface area contributed by atoms with E-state index in [-0.39, 0.29) is 18.0 Å². The van der Waals surface area contributed by atoms with Crippen molar-refractivity contribution in [1.29, 1.82) is 0 Å². The van der Waals surface area contributed by atoms with Crippen LogP contribution in [0.3, 0.4) is 0 Å². The monoisotopic (exact) mass is 329 g/mol. The first-order valence-electron chi connectivity index (χ1n) is 5.40. The van der Waals surface area contributed by atoms with Gasteiger partial charge in [0.15, 0.2) is 15.9 Å². The van der Waals surface area contributed by atoms with E-state index in [1.54, 1.807) is 0 Å². The maximum atomic E-state index is 12.0. The molecule has 0 fully saturated rings. The van der Waals surface area contributed by atoms with Crippen LogP contribution in [-0.2, 0) is 25.4 Å². The summed E-state index contributed by atoms with van der Waals surface area (Å²) in [6.45, 7) is -0.0337. The minimum absolute atomic E-state index is 0.0337. The van der Waals surface area contributed by atoms with Gasteiger partial charge >= 0.3 is 5.69 Å². The third-order valence-electron chi connectivity index (χ3n) is 2.87. The minimum Gasteiger partial charge on any atom is -0.358 e. The van der Waals surface area contributed by atoms with E-state index in [1.807, 2.05) is 0 Å². The molecule has 2 rings (SSSR count). The van der Waals surface area contributed by atoms with E-state index in [9.17, 15) is 14.4 Å². The Balaban J connectivity index is 2.87. The van der Waals surface area contributed by atoms with E-state index in [2.05, 4.69) is 26.2 Å². The molecule has 0 atom stereocenters. The van der Waals surface area contributed by atoms with Crippen LogP contribution >= 0.6 is 15.9 Å². The summed E-state index contributed by atoms with van der Waals surface area (Å²) >= 11 is 3.19. The Bertz CT molecular complexity index is 785. The lowest BCUT2D eigenvalue weighted by Gasteiger charge is -2.08. The van der Waals surface area contributed by atoms with Crippen molar-refractivity contribution in [1.82, 2.24) is 24.0 Å². The summed E-state index contributed by atoms with van der Waals surface area (Å²) < 4.78 is 4.06. The Morgan fingerprint density at radius 1 is 1.32 bits per heavy atom. The van der Waals surface area contributed by atoms with Crippen molar-refractivity contribution in [3.05, 3.63) is 25.6 Å². The Labute approximate surface area is 115 Å². The molecule has 2 aromatic rings. The Morgan fingerprint density at radius 3 is 2.53 bits per heavy atom. The van der Waals surface area contributed by atoms with Crippen LogP contribution in [0.15, 0.2) is 14.3 Å². The number of nitrogens with one attached hydrogen (secondary N) is 1. The van der Waals surface area contributed by atoms with Crippen molar-refractivity contribution >= 4 is 33.0 Å². The zero-order chi connectivity index (χ0) is 14.3. The number of aromatic nitrogens is 4. The van der Waals surface area contributed by atoms with Crippen molar-refractivity contribution in [2.24, 2.45) is 14.1 Å². The summed E-state index contributed by atoms with van der Waals surface area (Å²) in [5.74, 6) is -0.256. The number of likely N-dealkylation sites (N-methyl/N-ethyl adjacent to an activating group) is 1. The molecule has 2 aromatic heterocycles. The highest BCUT2D eigenvalue weighted by Gasteiger charge is 2.18. The number of hydrogen-bond acceptors (Lipinski definition) is 4. The molecular formula is C10H12BrN5O3. The van der Waals surface area contributed by atoms with Crippen LogP contribution in [0.2, 0.25) is 0 Å². The van der Waals surface area contributed by atoms with Gasteiger partial charge in [-0.05, 0) is 15.9 Å². The molecule has 0 aliphatic carbocycles. The highest BCUT2D eigenvalue weighted by molar-refractivity contribution is 9.10. The third kappa shape index (κ3) is 1.99. The fourth-order valence-electron chi connectivity index (χ4n) is 1.83. The fraction of sp³-hybridized carbons (Fsp3) is 0.400. The Morgan fingerprint density at radius 2 is 1.95 bits per heavy atom. The van der Waals surface area contributed by atoms with E-state index in [4.69, 9.17) is 0 Å². The molecule has 1 amide bonds. The van der Waals surface area contributed by atoms with Crippen LogP contribution in [-0.4, -0.2) is 31.6 Å². The van der Waals surface area contributed by atoms with Crippen molar-refractivity contribution in [3.63, 3.8) is 0 Å². The second-order valence-electron chi connectivity index (χ2n) is 4.02. The molecule has 0 aliphatic heterocycles. The molecular weight excluding hydrogens is 318 g/mol. The number of fused-ring (bicyclic) bond motifs is 1. The van der Waals surface area contributed by atoms with Gasteiger partial charge in [0.05, 0.1) is 0 Å². The number of imidazole rings is 1. The van der Waals surface area contributed by atoms with Crippen molar-refractivity contribution in [2.45, 2.75) is 6.54 Å². The number of rotatable bonds is 2. The van der Waals surface area contributed by atoms with Crippen LogP contribution in [0.25, 0.3) is 11.2 Å². The first kappa shape index (κ1) is 13.5. The van der Waals surface area contributed by atoms with E-state index in [1.165, 1.54) is 30.3 Å². The topological polar surface area (TPSA) is 90.9 Å². The van der Waals surface area contributed by atoms with Gasteiger partial charge in [-0.25, -0.2) is 9.78 Å². The lowest BCUT2D eigenvalue weighted by Crippen LogP contribution is -2.37. The van der Waals surface area contributed by atoms with Gasteiger partial charge in [-0.1, -0.05) is 0 Å². The summed E-state index contributed by atoms with van der Waals surface area (Å²) in [6, 6.07) is 0. The van der Waals surface area contributed by atoms with Gasteiger partial charge in [-0.15, -0.1) is 0 Å². The molecule has 9 heteroatoms. The predicted molar refractivity (Wildman–Crippen MR) is 72.0 cm³/mol. The average Bonchev–Trinajstić information content (AvgIpc) is 2.71. The molecule has 0 radical (unpaired) electrons. The largest absolute Gasteiger partial charge is 0.358 e. The molecule has 19 heavy (non-hydrogen) atoms. The zero-order valence-corrected chi connectivity index (χ0v) is 12.2. The Kier molecular flexibility index (Phi) is 3.31. The molecule has 0 aromatic carbocycles. The summed E-state index contributed by atoms with van der Waals surface area (Å²) in [7, 11) is 4.42. The number of carbonyl (C=O) groups excluding carboxylic acids is 1. The normalized spacial score (nSPS) is 10.9. The first-order chi connectivity index (χ1) is 8.88. The number of aryl methyl sites for hydroxylation is 1. The summed E-state index contributed by atoms with van der Waals surface area (Å²) in [4.78, 5) is 39.4. The van der Waals surface area contributed by atoms with Gasteiger partial charge in [0.2, 0.25) is 5.91 Å². The van der Waals surface area contributed by atoms with Crippen molar-refractivity contribution in [3.8, 4) is 0 Å². The second kappa shape index (κ2) is 4.65. The molecule has 0 spiro atoms. The number of hydrogen-bond donors (Lipinski definition) is 1. The van der Waals surface area contributed by atoms with Crippen LogP contribution in [0.4, 0.5) is 0 Å². The minimum atomic E-state index is -0.491. The molecule has 8 nitrogen and oxygen atoms in total. The SMILES string of the molecule is CNC(=O)Cn1c(Br)nc2c(=O)n(C)c(=O)n(C)c21. The molecule has 0 bridgehead atoms. The summed E-state index contributed by atoms with van der Waals surface area (Å²) in [5, 5.41) is 2.48. The number of amides is 1. The van der Waals surface area contributed by atoms with Gasteiger partial charge in [0.25, 0.3) is 5.56 Å². The molecule has 0 unspecified atom stereocenters. The lowest BCUT2D eigenvalue weighted by molar-refractivity contribution is -0.121. The van der Waals surface area contributed by atoms with Gasteiger partial charge in [-0.3, -0.25) is 23.3 Å². The molecule has 1 N–H and O–H groups in total. The number of halogens is 1. The third-order valence-corrected chi connectivity index (χ3v) is 3.48. The van der Waals surface area contributed by atoms with Crippen LogP contribution < -0.4 is 16.6 Å². The van der Waals surface area contributed by atoms with E-state index in [0.29, 0.717) is 10.4 Å². The second-order valence-corrected chi connectivity index (χ2v) is 4.73. The van der Waals surface area contributed by atoms with Crippen molar-refractivity contribution in [2.75, 3.05) is 7.05 Å². The Hall–Kier alpha value is -1.90. The highest BCUT2D eigenvalue weighted by atomic mass is 79.9. The number of carbonyl (C=O) groups is 1. The first-order valence-corrected chi connectivity index (χ1v) is 6.20. The summed E-state index contributed by atoms with van der Waals surface area (Å²) in [5.41, 5.74) is -0.513. The van der Waals surface area contributed by atoms with Crippen LogP contribution in [0, 0.1) is 0 Å². The molecule has 0 aliphatic rings. The molecule has 0 saturated heterocycles. The lowest BCUT2D eigenvalue weighted by atomic mass is 10.5.